The Morgan fingerprint density at radius 1 is 0.923 bits per heavy atom. The summed E-state index contributed by atoms with van der Waals surface area (Å²) in [6.07, 6.45) is 0. The smallest absolute Gasteiger partial charge is 0.795 e. The Labute approximate surface area is 104 Å². The summed E-state index contributed by atoms with van der Waals surface area (Å²) in [6.45, 7) is 0. The second-order valence-corrected chi connectivity index (χ2v) is 3.17. The van der Waals surface area contributed by atoms with Crippen molar-refractivity contribution in [1.29, 1.82) is 0 Å². The van der Waals surface area contributed by atoms with Crippen LogP contribution in [0.4, 0.5) is 0 Å². The molecule has 0 spiro atoms. The molecule has 0 bridgehead atoms. The Morgan fingerprint density at radius 3 is 2.38 bits per heavy atom. The zero-order valence-corrected chi connectivity index (χ0v) is 10.2. The van der Waals surface area contributed by atoms with Gasteiger partial charge in [-0.3, -0.25) is 0 Å². The molecule has 0 heterocycles. The van der Waals surface area contributed by atoms with Crippen LogP contribution in [0.3, 0.4) is 0 Å². The SMILES string of the molecule is [Na+].[O-]Sc1cccc2ccccc12. The van der Waals surface area contributed by atoms with Crippen LogP contribution in [0, 0.1) is 0 Å². The summed E-state index contributed by atoms with van der Waals surface area (Å²) in [6, 6.07) is 13.7. The Hall–Kier alpha value is 0.0100. The second-order valence-electron chi connectivity index (χ2n) is 2.56. The molecule has 3 heteroatoms. The minimum absolute atomic E-state index is 0. The molecule has 2 aromatic carbocycles. The molecule has 0 atom stereocenters. The zero-order chi connectivity index (χ0) is 8.39. The van der Waals surface area contributed by atoms with Crippen LogP contribution in [0.1, 0.15) is 0 Å². The third kappa shape index (κ3) is 2.27. The van der Waals surface area contributed by atoms with E-state index in [1.165, 1.54) is 0 Å². The predicted molar refractivity (Wildman–Crippen MR) is 50.6 cm³/mol. The van der Waals surface area contributed by atoms with E-state index < -0.39 is 0 Å². The summed E-state index contributed by atoms with van der Waals surface area (Å²) in [7, 11) is 0. The number of fused-ring (bicyclic) bond motifs is 1. The van der Waals surface area contributed by atoms with E-state index in [4.69, 9.17) is 0 Å². The predicted octanol–water partition coefficient (Wildman–Crippen LogP) is 0.0663. The zero-order valence-electron chi connectivity index (χ0n) is 7.36. The van der Waals surface area contributed by atoms with Crippen LogP contribution in [-0.4, -0.2) is 4.55 Å². The van der Waals surface area contributed by atoms with Gasteiger partial charge in [-0.05, 0) is 16.8 Å². The van der Waals surface area contributed by atoms with Crippen molar-refractivity contribution in [3.63, 3.8) is 0 Å². The van der Waals surface area contributed by atoms with Gasteiger partial charge in [0.05, 0.1) is 0 Å². The van der Waals surface area contributed by atoms with E-state index in [9.17, 15) is 4.55 Å². The standard InChI is InChI=1S/C10H8OS.Na/c11-12-10-7-3-5-8-4-1-2-6-9(8)10;/h1-7,11H;/q;+1/p-1. The Bertz CT molecular complexity index is 398. The molecule has 0 saturated carbocycles. The largest absolute Gasteiger partial charge is 1.00 e. The molecule has 2 rings (SSSR count). The third-order valence-electron chi connectivity index (χ3n) is 1.84. The maximum absolute atomic E-state index is 10.7. The number of rotatable bonds is 1. The van der Waals surface area contributed by atoms with E-state index in [0.29, 0.717) is 12.0 Å². The van der Waals surface area contributed by atoms with Crippen molar-refractivity contribution < 1.29 is 34.1 Å². The van der Waals surface area contributed by atoms with E-state index in [2.05, 4.69) is 0 Å². The van der Waals surface area contributed by atoms with Crippen LogP contribution in [0.15, 0.2) is 47.4 Å². The van der Waals surface area contributed by atoms with Crippen LogP contribution in [0.2, 0.25) is 0 Å². The van der Waals surface area contributed by atoms with Gasteiger partial charge in [0.15, 0.2) is 0 Å². The molecule has 0 N–H and O–H groups in total. The first-order valence-electron chi connectivity index (χ1n) is 3.69. The molecule has 2 aromatic rings. The molecule has 0 aliphatic heterocycles. The van der Waals surface area contributed by atoms with Crippen LogP contribution in [0.25, 0.3) is 10.8 Å². The summed E-state index contributed by atoms with van der Waals surface area (Å²) in [5, 5.41) is 2.17. The fourth-order valence-electron chi connectivity index (χ4n) is 1.27. The van der Waals surface area contributed by atoms with Gasteiger partial charge in [-0.15, -0.1) is 0 Å². The van der Waals surface area contributed by atoms with Gasteiger partial charge in [0.1, 0.15) is 0 Å². The molecule has 0 aromatic heterocycles. The second kappa shape index (κ2) is 5.03. The van der Waals surface area contributed by atoms with E-state index in [-0.39, 0.29) is 29.6 Å². The van der Waals surface area contributed by atoms with Gasteiger partial charge in [0.2, 0.25) is 0 Å². The summed E-state index contributed by atoms with van der Waals surface area (Å²) in [5.74, 6) is 0. The molecule has 0 fully saturated rings. The average molecular weight is 198 g/mol. The van der Waals surface area contributed by atoms with E-state index in [0.717, 1.165) is 15.7 Å². The normalized spacial score (nSPS) is 9.62. The van der Waals surface area contributed by atoms with Crippen molar-refractivity contribution in [2.45, 2.75) is 4.90 Å². The Kier molecular flexibility index (Phi) is 4.29. The van der Waals surface area contributed by atoms with Crippen LogP contribution in [-0.2, 0) is 0 Å². The fraction of sp³-hybridized carbons (Fsp3) is 0. The molecule has 0 unspecified atom stereocenters. The molecule has 0 aliphatic carbocycles. The summed E-state index contributed by atoms with van der Waals surface area (Å²) in [4.78, 5) is 0.799. The molecule has 0 aliphatic rings. The van der Waals surface area contributed by atoms with Gasteiger partial charge in [-0.25, -0.2) is 12.0 Å². The van der Waals surface area contributed by atoms with Crippen LogP contribution in [0.5, 0.6) is 0 Å². The van der Waals surface area contributed by atoms with Gasteiger partial charge in [-0.2, -0.15) is 0 Å². The molecule has 60 valence electrons. The van der Waals surface area contributed by atoms with E-state index in [1.54, 1.807) is 0 Å². The van der Waals surface area contributed by atoms with Crippen molar-refractivity contribution >= 4 is 22.8 Å². The topological polar surface area (TPSA) is 23.1 Å². The van der Waals surface area contributed by atoms with Gasteiger partial charge in [-0.1, -0.05) is 36.4 Å². The summed E-state index contributed by atoms with van der Waals surface area (Å²) >= 11 is 0.548. The van der Waals surface area contributed by atoms with Crippen molar-refractivity contribution in [1.82, 2.24) is 0 Å². The summed E-state index contributed by atoms with van der Waals surface area (Å²) in [5.41, 5.74) is 0. The molecular formula is C10H7NaOS. The van der Waals surface area contributed by atoms with Crippen molar-refractivity contribution in [2.75, 3.05) is 0 Å². The molecule has 13 heavy (non-hydrogen) atoms. The van der Waals surface area contributed by atoms with Crippen molar-refractivity contribution in [3.05, 3.63) is 42.5 Å². The minimum atomic E-state index is 0. The van der Waals surface area contributed by atoms with E-state index in [1.807, 2.05) is 42.5 Å². The summed E-state index contributed by atoms with van der Waals surface area (Å²) < 4.78 is 10.7. The Balaban J connectivity index is 0.000000845. The van der Waals surface area contributed by atoms with Crippen molar-refractivity contribution in [2.24, 2.45) is 0 Å². The molecule has 1 nitrogen and oxygen atoms in total. The van der Waals surface area contributed by atoms with Crippen molar-refractivity contribution in [3.8, 4) is 0 Å². The van der Waals surface area contributed by atoms with Gasteiger partial charge < -0.3 is 4.55 Å². The molecule has 0 saturated heterocycles. The molecule has 0 amide bonds. The van der Waals surface area contributed by atoms with Gasteiger partial charge in [0, 0.05) is 4.90 Å². The number of hydrogen-bond donors (Lipinski definition) is 0. The van der Waals surface area contributed by atoms with Gasteiger partial charge in [0.25, 0.3) is 0 Å². The fourth-order valence-corrected chi connectivity index (χ4v) is 1.68. The van der Waals surface area contributed by atoms with Crippen LogP contribution >= 0.6 is 12.0 Å². The molecular weight excluding hydrogens is 191 g/mol. The average Bonchev–Trinajstić information content (AvgIpc) is 2.17. The number of benzene rings is 2. The minimum Gasteiger partial charge on any atom is -0.795 e. The molecule has 0 radical (unpaired) electrons. The number of hydrogen-bond acceptors (Lipinski definition) is 2. The first-order chi connectivity index (χ1) is 5.92. The van der Waals surface area contributed by atoms with E-state index >= 15 is 0 Å². The maximum Gasteiger partial charge on any atom is 1.00 e. The maximum atomic E-state index is 10.7. The first kappa shape index (κ1) is 11.1. The van der Waals surface area contributed by atoms with Crippen LogP contribution < -0.4 is 29.6 Å². The monoisotopic (exact) mass is 198 g/mol. The quantitative estimate of drug-likeness (QED) is 0.478. The van der Waals surface area contributed by atoms with Gasteiger partial charge >= 0.3 is 29.6 Å². The third-order valence-corrected chi connectivity index (χ3v) is 2.37. The Morgan fingerprint density at radius 2 is 1.62 bits per heavy atom. The first-order valence-corrected chi connectivity index (χ1v) is 4.43.